The summed E-state index contributed by atoms with van der Waals surface area (Å²) in [4.78, 5) is 14.5. The Balaban J connectivity index is 1.76. The Morgan fingerprint density at radius 3 is 2.47 bits per heavy atom. The third-order valence-corrected chi connectivity index (χ3v) is 4.78. The quantitative estimate of drug-likeness (QED) is 0.830. The number of carbonyl (C=O) groups excluding carboxylic acids is 1. The number of hydrogen-bond donors (Lipinski definition) is 1. The average Bonchev–Trinajstić information content (AvgIpc) is 2.47. The molecule has 2 aliphatic rings. The van der Waals surface area contributed by atoms with E-state index in [0.29, 0.717) is 17.9 Å². The Kier molecular flexibility index (Phi) is 6.15. The fourth-order valence-electron chi connectivity index (χ4n) is 3.52. The predicted molar refractivity (Wildman–Crippen MR) is 79.1 cm³/mol. The highest BCUT2D eigenvalue weighted by molar-refractivity contribution is 5.76. The summed E-state index contributed by atoms with van der Waals surface area (Å²) in [6, 6.07) is 0.531. The molecule has 1 saturated heterocycles. The van der Waals surface area contributed by atoms with Crippen molar-refractivity contribution in [2.75, 3.05) is 19.6 Å². The lowest BCUT2D eigenvalue weighted by atomic mass is 9.86. The summed E-state index contributed by atoms with van der Waals surface area (Å²) >= 11 is 0. The van der Waals surface area contributed by atoms with E-state index in [0.717, 1.165) is 26.1 Å². The highest BCUT2D eigenvalue weighted by Gasteiger charge is 2.23. The van der Waals surface area contributed by atoms with E-state index >= 15 is 0 Å². The summed E-state index contributed by atoms with van der Waals surface area (Å²) in [5.41, 5.74) is 0. The molecule has 3 nitrogen and oxygen atoms in total. The van der Waals surface area contributed by atoms with Crippen LogP contribution in [0.1, 0.15) is 64.7 Å². The van der Waals surface area contributed by atoms with Gasteiger partial charge in [0, 0.05) is 25.6 Å². The van der Waals surface area contributed by atoms with Gasteiger partial charge in [-0.3, -0.25) is 4.79 Å². The fraction of sp³-hybridized carbons (Fsp3) is 0.938. The summed E-state index contributed by atoms with van der Waals surface area (Å²) in [6.45, 7) is 5.02. The van der Waals surface area contributed by atoms with Crippen molar-refractivity contribution in [3.8, 4) is 0 Å². The smallest absolute Gasteiger partial charge is 0.222 e. The molecule has 0 radical (unpaired) electrons. The summed E-state index contributed by atoms with van der Waals surface area (Å²) in [7, 11) is 0. The van der Waals surface area contributed by atoms with Gasteiger partial charge < -0.3 is 10.2 Å². The standard InChI is InChI=1S/C16H30N2O/c1-2-18(13-15-10-6-7-11-17-15)16(19)12-14-8-4-3-5-9-14/h14-15,17H,2-13H2,1H3. The van der Waals surface area contributed by atoms with E-state index < -0.39 is 0 Å². The lowest BCUT2D eigenvalue weighted by Gasteiger charge is -2.31. The molecule has 0 spiro atoms. The molecule has 1 aliphatic heterocycles. The van der Waals surface area contributed by atoms with Gasteiger partial charge in [0.15, 0.2) is 0 Å². The van der Waals surface area contributed by atoms with E-state index in [4.69, 9.17) is 0 Å². The molecule has 1 saturated carbocycles. The number of nitrogens with one attached hydrogen (secondary N) is 1. The number of hydrogen-bond acceptors (Lipinski definition) is 2. The van der Waals surface area contributed by atoms with Crippen molar-refractivity contribution in [3.63, 3.8) is 0 Å². The van der Waals surface area contributed by atoms with Crippen molar-refractivity contribution >= 4 is 5.91 Å². The molecule has 1 atom stereocenters. The molecule has 110 valence electrons. The maximum Gasteiger partial charge on any atom is 0.222 e. The number of nitrogens with zero attached hydrogens (tertiary/aromatic N) is 1. The third kappa shape index (κ3) is 4.79. The third-order valence-electron chi connectivity index (χ3n) is 4.78. The largest absolute Gasteiger partial charge is 0.341 e. The molecule has 0 aromatic carbocycles. The zero-order valence-electron chi connectivity index (χ0n) is 12.5. The molecular formula is C16H30N2O. The first kappa shape index (κ1) is 14.8. The summed E-state index contributed by atoms with van der Waals surface area (Å²) in [5, 5.41) is 3.55. The number of likely N-dealkylation sites (N-methyl/N-ethyl adjacent to an activating group) is 1. The fourth-order valence-corrected chi connectivity index (χ4v) is 3.52. The van der Waals surface area contributed by atoms with Crippen molar-refractivity contribution in [2.24, 2.45) is 5.92 Å². The van der Waals surface area contributed by atoms with Gasteiger partial charge in [0.25, 0.3) is 0 Å². The first-order valence-corrected chi connectivity index (χ1v) is 8.30. The van der Waals surface area contributed by atoms with Gasteiger partial charge in [-0.2, -0.15) is 0 Å². The van der Waals surface area contributed by atoms with Crippen LogP contribution in [0, 0.1) is 5.92 Å². The molecule has 0 bridgehead atoms. The number of amides is 1. The first-order chi connectivity index (χ1) is 9.29. The van der Waals surface area contributed by atoms with Crippen molar-refractivity contribution in [1.82, 2.24) is 10.2 Å². The lowest BCUT2D eigenvalue weighted by Crippen LogP contribution is -2.46. The molecule has 1 N–H and O–H groups in total. The van der Waals surface area contributed by atoms with Crippen LogP contribution < -0.4 is 5.32 Å². The normalized spacial score (nSPS) is 25.2. The minimum atomic E-state index is 0.391. The van der Waals surface area contributed by atoms with E-state index in [1.807, 2.05) is 0 Å². The van der Waals surface area contributed by atoms with Gasteiger partial charge in [-0.1, -0.05) is 25.7 Å². The summed E-state index contributed by atoms with van der Waals surface area (Å²) in [5.74, 6) is 1.05. The highest BCUT2D eigenvalue weighted by atomic mass is 16.2. The van der Waals surface area contributed by atoms with E-state index in [1.165, 1.54) is 51.4 Å². The molecule has 2 fully saturated rings. The Hall–Kier alpha value is -0.570. The van der Waals surface area contributed by atoms with Crippen LogP contribution in [0.4, 0.5) is 0 Å². The van der Waals surface area contributed by atoms with Crippen molar-refractivity contribution < 1.29 is 4.79 Å². The predicted octanol–water partition coefficient (Wildman–Crippen LogP) is 2.95. The first-order valence-electron chi connectivity index (χ1n) is 8.30. The lowest BCUT2D eigenvalue weighted by molar-refractivity contribution is -0.132. The second kappa shape index (κ2) is 7.88. The van der Waals surface area contributed by atoms with E-state index in [9.17, 15) is 4.79 Å². The molecule has 1 unspecified atom stereocenters. The van der Waals surface area contributed by atoms with Crippen LogP contribution in [0.2, 0.25) is 0 Å². The summed E-state index contributed by atoms with van der Waals surface area (Å²) in [6.07, 6.45) is 11.2. The molecule has 19 heavy (non-hydrogen) atoms. The van der Waals surface area contributed by atoms with Crippen LogP contribution in [-0.4, -0.2) is 36.5 Å². The number of piperidine rings is 1. The van der Waals surface area contributed by atoms with Crippen LogP contribution in [0.15, 0.2) is 0 Å². The van der Waals surface area contributed by atoms with Crippen molar-refractivity contribution in [2.45, 2.75) is 70.8 Å². The topological polar surface area (TPSA) is 32.3 Å². The Morgan fingerprint density at radius 1 is 1.11 bits per heavy atom. The van der Waals surface area contributed by atoms with Crippen LogP contribution in [0.3, 0.4) is 0 Å². The van der Waals surface area contributed by atoms with Gasteiger partial charge in [-0.25, -0.2) is 0 Å². The number of carbonyl (C=O) groups is 1. The molecule has 2 rings (SSSR count). The summed E-state index contributed by atoms with van der Waals surface area (Å²) < 4.78 is 0. The van der Waals surface area contributed by atoms with E-state index in [1.54, 1.807) is 0 Å². The Labute approximate surface area is 118 Å². The van der Waals surface area contributed by atoms with Crippen LogP contribution in [-0.2, 0) is 4.79 Å². The van der Waals surface area contributed by atoms with Gasteiger partial charge in [0.05, 0.1) is 0 Å². The molecule has 3 heteroatoms. The minimum absolute atomic E-state index is 0.391. The molecule has 0 aromatic rings. The maximum absolute atomic E-state index is 12.4. The van der Waals surface area contributed by atoms with Crippen LogP contribution >= 0.6 is 0 Å². The van der Waals surface area contributed by atoms with E-state index in [2.05, 4.69) is 17.1 Å². The molecule has 0 aromatic heterocycles. The number of rotatable bonds is 5. The zero-order valence-corrected chi connectivity index (χ0v) is 12.5. The Morgan fingerprint density at radius 2 is 1.84 bits per heavy atom. The van der Waals surface area contributed by atoms with E-state index in [-0.39, 0.29) is 0 Å². The van der Waals surface area contributed by atoms with Crippen LogP contribution in [0.25, 0.3) is 0 Å². The van der Waals surface area contributed by atoms with Gasteiger partial charge in [0.2, 0.25) is 5.91 Å². The second-order valence-corrected chi connectivity index (χ2v) is 6.29. The Bertz CT molecular complexity index is 268. The highest BCUT2D eigenvalue weighted by Crippen LogP contribution is 2.26. The molecule has 1 amide bonds. The molecular weight excluding hydrogens is 236 g/mol. The maximum atomic E-state index is 12.4. The monoisotopic (exact) mass is 266 g/mol. The molecule has 1 heterocycles. The second-order valence-electron chi connectivity index (χ2n) is 6.29. The van der Waals surface area contributed by atoms with Crippen molar-refractivity contribution in [3.05, 3.63) is 0 Å². The minimum Gasteiger partial charge on any atom is -0.341 e. The SMILES string of the molecule is CCN(CC1CCCCN1)C(=O)CC1CCCCC1. The molecule has 1 aliphatic carbocycles. The van der Waals surface area contributed by atoms with Gasteiger partial charge >= 0.3 is 0 Å². The van der Waals surface area contributed by atoms with Crippen molar-refractivity contribution in [1.29, 1.82) is 0 Å². The average molecular weight is 266 g/mol. The van der Waals surface area contributed by atoms with Gasteiger partial charge in [0.1, 0.15) is 0 Å². The van der Waals surface area contributed by atoms with Gasteiger partial charge in [-0.05, 0) is 45.1 Å². The van der Waals surface area contributed by atoms with Gasteiger partial charge in [-0.15, -0.1) is 0 Å². The van der Waals surface area contributed by atoms with Crippen LogP contribution in [0.5, 0.6) is 0 Å². The zero-order chi connectivity index (χ0) is 13.5.